The molecule has 5 rings (SSSR count). The van der Waals surface area contributed by atoms with Crippen LogP contribution in [-0.4, -0.2) is 47.5 Å². The van der Waals surface area contributed by atoms with E-state index in [0.717, 1.165) is 21.9 Å². The molecule has 14 heteroatoms. The van der Waals surface area contributed by atoms with Crippen molar-refractivity contribution < 1.29 is 36.7 Å². The van der Waals surface area contributed by atoms with Crippen LogP contribution in [0.3, 0.4) is 0 Å². The molecule has 2 fully saturated rings. The van der Waals surface area contributed by atoms with Gasteiger partial charge in [-0.15, -0.1) is 0 Å². The lowest BCUT2D eigenvalue weighted by molar-refractivity contribution is -0.128. The number of benzene rings is 2. The van der Waals surface area contributed by atoms with E-state index in [9.17, 15) is 37.2 Å². The highest BCUT2D eigenvalue weighted by Gasteiger charge is 2.45. The van der Waals surface area contributed by atoms with Gasteiger partial charge in [-0.05, 0) is 43.2 Å². The summed E-state index contributed by atoms with van der Waals surface area (Å²) < 4.78 is 62.2. The summed E-state index contributed by atoms with van der Waals surface area (Å²) in [5, 5.41) is 12.1. The molecule has 2 aliphatic rings. The first kappa shape index (κ1) is 31.7. The van der Waals surface area contributed by atoms with Crippen LogP contribution in [0, 0.1) is 23.0 Å². The Kier molecular flexibility index (Phi) is 9.24. The maximum Gasteiger partial charge on any atom is 0.416 e. The number of amides is 3. The van der Waals surface area contributed by atoms with Crippen molar-refractivity contribution in [3.05, 3.63) is 88.6 Å². The fraction of sp³-hybridized carbons (Fsp3) is 0.323. The van der Waals surface area contributed by atoms with E-state index in [4.69, 9.17) is 16.3 Å². The third-order valence-corrected chi connectivity index (χ3v) is 8.01. The zero-order chi connectivity index (χ0) is 32.3. The van der Waals surface area contributed by atoms with Crippen LogP contribution in [0.15, 0.2) is 60.8 Å². The first-order chi connectivity index (χ1) is 21.5. The third kappa shape index (κ3) is 7.01. The van der Waals surface area contributed by atoms with Crippen molar-refractivity contribution in [2.75, 3.05) is 16.4 Å². The first-order valence-corrected chi connectivity index (χ1v) is 14.4. The molecule has 2 heterocycles. The van der Waals surface area contributed by atoms with E-state index in [1.165, 1.54) is 30.5 Å². The van der Waals surface area contributed by atoms with Gasteiger partial charge in [0, 0.05) is 48.2 Å². The number of aromatic nitrogens is 1. The van der Waals surface area contributed by atoms with Crippen molar-refractivity contribution in [1.82, 2.24) is 10.3 Å². The second kappa shape index (κ2) is 13.1. The van der Waals surface area contributed by atoms with Crippen molar-refractivity contribution in [3.8, 4) is 6.07 Å². The molecular formula is C31H26ClF4N5O4. The number of alkyl halides is 2. The number of nitrogens with zero attached hydrogens (tertiary/aromatic N) is 4. The number of cyclic esters (lactones) is 1. The Bertz CT molecular complexity index is 1640. The molecule has 0 radical (unpaired) electrons. The van der Waals surface area contributed by atoms with Crippen molar-refractivity contribution >= 4 is 41.0 Å². The van der Waals surface area contributed by atoms with E-state index in [-0.39, 0.29) is 53.5 Å². The van der Waals surface area contributed by atoms with Crippen molar-refractivity contribution in [2.45, 2.75) is 56.2 Å². The van der Waals surface area contributed by atoms with Crippen LogP contribution in [0.5, 0.6) is 0 Å². The molecule has 2 atom stereocenters. The fourth-order valence-electron chi connectivity index (χ4n) is 5.49. The number of pyridine rings is 1. The van der Waals surface area contributed by atoms with Gasteiger partial charge in [0.25, 0.3) is 5.91 Å². The summed E-state index contributed by atoms with van der Waals surface area (Å²) in [6.45, 7) is -0.214. The molecular weight excluding hydrogens is 618 g/mol. The number of hydrogen-bond acceptors (Lipinski definition) is 6. The Balaban J connectivity index is 1.63. The van der Waals surface area contributed by atoms with Crippen LogP contribution in [0.2, 0.25) is 5.02 Å². The predicted octanol–water partition coefficient (Wildman–Crippen LogP) is 6.07. The summed E-state index contributed by atoms with van der Waals surface area (Å²) >= 11 is 6.52. The first-order valence-electron chi connectivity index (χ1n) is 14.0. The van der Waals surface area contributed by atoms with Gasteiger partial charge in [0.2, 0.25) is 11.8 Å². The topological polar surface area (TPSA) is 116 Å². The molecule has 1 saturated carbocycles. The van der Waals surface area contributed by atoms with E-state index < -0.39 is 66.4 Å². The predicted molar refractivity (Wildman–Crippen MR) is 155 cm³/mol. The zero-order valence-electron chi connectivity index (χ0n) is 23.6. The number of nitrogens with one attached hydrogen (secondary N) is 1. The Morgan fingerprint density at radius 2 is 1.78 bits per heavy atom. The number of anilines is 2. The number of halogens is 5. The van der Waals surface area contributed by atoms with Gasteiger partial charge in [-0.1, -0.05) is 29.8 Å². The maximum atomic E-state index is 14.7. The number of ether oxygens (including phenoxy) is 1. The van der Waals surface area contributed by atoms with Gasteiger partial charge in [-0.25, -0.2) is 32.2 Å². The van der Waals surface area contributed by atoms with Gasteiger partial charge in [-0.3, -0.25) is 14.5 Å². The normalized spacial score (nSPS) is 18.8. The lowest BCUT2D eigenvalue weighted by Gasteiger charge is -2.39. The van der Waals surface area contributed by atoms with Gasteiger partial charge in [0.15, 0.2) is 0 Å². The molecule has 9 nitrogen and oxygen atoms in total. The van der Waals surface area contributed by atoms with Crippen molar-refractivity contribution in [1.29, 1.82) is 5.26 Å². The minimum absolute atomic E-state index is 0.0331. The molecule has 0 bridgehead atoms. The summed E-state index contributed by atoms with van der Waals surface area (Å²) in [5.41, 5.74) is -0.171. The second-order valence-corrected chi connectivity index (χ2v) is 11.1. The molecule has 0 spiro atoms. The summed E-state index contributed by atoms with van der Waals surface area (Å²) in [7, 11) is 0. The molecule has 2 aromatic carbocycles. The number of hydrogen-bond donors (Lipinski definition) is 1. The van der Waals surface area contributed by atoms with Crippen LogP contribution in [-0.2, 0) is 14.3 Å². The highest BCUT2D eigenvalue weighted by Crippen LogP contribution is 2.37. The third-order valence-electron chi connectivity index (χ3n) is 7.66. The molecule has 1 unspecified atom stereocenters. The molecule has 234 valence electrons. The average molecular weight is 644 g/mol. The molecule has 45 heavy (non-hydrogen) atoms. The van der Waals surface area contributed by atoms with E-state index in [0.29, 0.717) is 6.07 Å². The molecule has 1 aliphatic heterocycles. The van der Waals surface area contributed by atoms with E-state index in [1.54, 1.807) is 12.1 Å². The molecule has 3 amide bonds. The number of nitriles is 1. The number of carbonyl (C=O) groups is 3. The summed E-state index contributed by atoms with van der Waals surface area (Å²) in [6, 6.07) is 9.11. The summed E-state index contributed by atoms with van der Waals surface area (Å²) in [5.74, 6) is -6.88. The van der Waals surface area contributed by atoms with Gasteiger partial charge >= 0.3 is 6.09 Å². The average Bonchev–Trinajstić information content (AvgIpc) is 3.00. The SMILES string of the molecule is N#Cc1ccnc(N2C(=O)OCCC2C(=O)N(c2cc(F)cc(F)c2)[C@H](C(=O)NC2CCC(F)(F)CC2)c2ccccc2Cl)c1. The van der Waals surface area contributed by atoms with E-state index in [2.05, 4.69) is 10.3 Å². The van der Waals surface area contributed by atoms with Crippen LogP contribution in [0.4, 0.5) is 33.9 Å². The van der Waals surface area contributed by atoms with Crippen molar-refractivity contribution in [3.63, 3.8) is 0 Å². The van der Waals surface area contributed by atoms with Crippen LogP contribution < -0.4 is 15.1 Å². The molecule has 1 N–H and O–H groups in total. The minimum atomic E-state index is -2.87. The van der Waals surface area contributed by atoms with Gasteiger partial charge in [-0.2, -0.15) is 5.26 Å². The largest absolute Gasteiger partial charge is 0.449 e. The molecule has 1 saturated heterocycles. The fourth-order valence-corrected chi connectivity index (χ4v) is 5.73. The van der Waals surface area contributed by atoms with Gasteiger partial charge < -0.3 is 10.1 Å². The minimum Gasteiger partial charge on any atom is -0.449 e. The van der Waals surface area contributed by atoms with Crippen LogP contribution in [0.1, 0.15) is 49.3 Å². The van der Waals surface area contributed by atoms with Crippen LogP contribution in [0.25, 0.3) is 0 Å². The van der Waals surface area contributed by atoms with E-state index in [1.807, 2.05) is 6.07 Å². The molecule has 3 aromatic rings. The summed E-state index contributed by atoms with van der Waals surface area (Å²) in [4.78, 5) is 47.6. The number of rotatable bonds is 7. The Morgan fingerprint density at radius 1 is 1.09 bits per heavy atom. The number of carbonyl (C=O) groups excluding carboxylic acids is 3. The quantitative estimate of drug-likeness (QED) is 0.313. The maximum absolute atomic E-state index is 14.7. The summed E-state index contributed by atoms with van der Waals surface area (Å²) in [6.07, 6.45) is -0.842. The van der Waals surface area contributed by atoms with Crippen molar-refractivity contribution in [2.24, 2.45) is 0 Å². The van der Waals surface area contributed by atoms with Gasteiger partial charge in [0.05, 0.1) is 23.9 Å². The lowest BCUT2D eigenvalue weighted by atomic mass is 9.91. The highest BCUT2D eigenvalue weighted by molar-refractivity contribution is 6.31. The monoisotopic (exact) mass is 643 g/mol. The van der Waals surface area contributed by atoms with E-state index >= 15 is 0 Å². The Hall–Kier alpha value is -4.70. The van der Waals surface area contributed by atoms with Gasteiger partial charge in [0.1, 0.15) is 29.5 Å². The molecule has 1 aliphatic carbocycles. The smallest absolute Gasteiger partial charge is 0.416 e. The van der Waals surface area contributed by atoms with Crippen LogP contribution >= 0.6 is 11.6 Å². The standard InChI is InChI=1S/C31H26ClF4N5O4/c32-24-4-2-1-3-23(24)27(28(42)39-21-5-9-31(35,36)10-6-21)40(22-15-19(33)14-20(34)16-22)29(43)25-8-12-45-30(44)41(25)26-13-18(17-37)7-11-38-26/h1-4,7,11,13-16,21,25,27H,5-6,8-10,12H2,(H,39,42)/t25?,27-/m0/s1. The molecule has 1 aromatic heterocycles. The second-order valence-electron chi connectivity index (χ2n) is 10.7. The highest BCUT2D eigenvalue weighted by atomic mass is 35.5. The lowest BCUT2D eigenvalue weighted by Crippen LogP contribution is -2.57. The Morgan fingerprint density at radius 3 is 2.44 bits per heavy atom. The zero-order valence-corrected chi connectivity index (χ0v) is 24.3. The Labute approximate surface area is 260 Å².